The minimum absolute atomic E-state index is 0.0907. The number of hydrogen-bond donors (Lipinski definition) is 2. The number of hydrogen-bond acceptors (Lipinski definition) is 5. The molecule has 0 radical (unpaired) electrons. The highest BCUT2D eigenvalue weighted by molar-refractivity contribution is 7.89. The number of phenolic OH excluding ortho intramolecular Hbond substituents is 1. The van der Waals surface area contributed by atoms with Crippen molar-refractivity contribution < 1.29 is 18.3 Å². The van der Waals surface area contributed by atoms with Crippen LogP contribution in [0.4, 0.5) is 0 Å². The van der Waals surface area contributed by atoms with Crippen LogP contribution in [0.5, 0.6) is 11.5 Å². The number of benzene rings is 2. The van der Waals surface area contributed by atoms with Crippen molar-refractivity contribution in [3.8, 4) is 11.5 Å². The van der Waals surface area contributed by atoms with Crippen molar-refractivity contribution in [1.82, 2.24) is 4.83 Å². The SMILES string of the molecule is CCOc1cccc(C=NNS(=O)(=O)c2ccccc2)c1O. The van der Waals surface area contributed by atoms with E-state index in [0.29, 0.717) is 17.9 Å². The summed E-state index contributed by atoms with van der Waals surface area (Å²) in [4.78, 5) is 2.20. The van der Waals surface area contributed by atoms with Gasteiger partial charge in [0.15, 0.2) is 11.5 Å². The zero-order chi connectivity index (χ0) is 16.0. The Kier molecular flexibility index (Phi) is 5.00. The lowest BCUT2D eigenvalue weighted by atomic mass is 10.2. The quantitative estimate of drug-likeness (QED) is 0.630. The maximum Gasteiger partial charge on any atom is 0.276 e. The summed E-state index contributed by atoms with van der Waals surface area (Å²) >= 11 is 0. The van der Waals surface area contributed by atoms with Gasteiger partial charge in [0.2, 0.25) is 0 Å². The minimum atomic E-state index is -3.72. The lowest BCUT2D eigenvalue weighted by Crippen LogP contribution is -2.18. The number of sulfonamides is 1. The maximum atomic E-state index is 12.0. The molecule has 0 fully saturated rings. The van der Waals surface area contributed by atoms with Crippen molar-refractivity contribution >= 4 is 16.2 Å². The molecule has 22 heavy (non-hydrogen) atoms. The average Bonchev–Trinajstić information content (AvgIpc) is 2.52. The lowest BCUT2D eigenvalue weighted by Gasteiger charge is -2.07. The molecule has 0 saturated heterocycles. The fourth-order valence-corrected chi connectivity index (χ4v) is 2.55. The summed E-state index contributed by atoms with van der Waals surface area (Å²) in [5.74, 6) is 0.226. The summed E-state index contributed by atoms with van der Waals surface area (Å²) in [5.41, 5.74) is 0.349. The van der Waals surface area contributed by atoms with E-state index >= 15 is 0 Å². The highest BCUT2D eigenvalue weighted by Crippen LogP contribution is 2.28. The summed E-state index contributed by atoms with van der Waals surface area (Å²) < 4.78 is 29.2. The maximum absolute atomic E-state index is 12.0. The molecule has 0 aromatic heterocycles. The van der Waals surface area contributed by atoms with Gasteiger partial charge in [-0.15, -0.1) is 0 Å². The first-order chi connectivity index (χ1) is 10.5. The molecule has 2 aromatic rings. The predicted molar refractivity (Wildman–Crippen MR) is 83.6 cm³/mol. The van der Waals surface area contributed by atoms with Crippen molar-refractivity contribution in [2.75, 3.05) is 6.61 Å². The number of para-hydroxylation sites is 1. The molecule has 0 unspecified atom stereocenters. The average molecular weight is 320 g/mol. The fourth-order valence-electron chi connectivity index (χ4n) is 1.73. The van der Waals surface area contributed by atoms with Gasteiger partial charge in [0.05, 0.1) is 17.7 Å². The number of phenols is 1. The summed E-state index contributed by atoms with van der Waals surface area (Å²) in [5, 5.41) is 13.6. The van der Waals surface area contributed by atoms with Crippen LogP contribution >= 0.6 is 0 Å². The highest BCUT2D eigenvalue weighted by atomic mass is 32.2. The fraction of sp³-hybridized carbons (Fsp3) is 0.133. The summed E-state index contributed by atoms with van der Waals surface area (Å²) in [6.07, 6.45) is 1.22. The molecule has 0 atom stereocenters. The minimum Gasteiger partial charge on any atom is -0.504 e. The molecule has 0 saturated carbocycles. The lowest BCUT2D eigenvalue weighted by molar-refractivity contribution is 0.318. The smallest absolute Gasteiger partial charge is 0.276 e. The Balaban J connectivity index is 2.15. The van der Waals surface area contributed by atoms with E-state index in [9.17, 15) is 13.5 Å². The van der Waals surface area contributed by atoms with E-state index in [2.05, 4.69) is 9.93 Å². The normalized spacial score (nSPS) is 11.5. The second-order valence-electron chi connectivity index (χ2n) is 4.29. The Morgan fingerprint density at radius 3 is 2.59 bits per heavy atom. The molecule has 0 aliphatic heterocycles. The van der Waals surface area contributed by atoms with Gasteiger partial charge < -0.3 is 9.84 Å². The van der Waals surface area contributed by atoms with E-state index in [-0.39, 0.29) is 10.6 Å². The van der Waals surface area contributed by atoms with Gasteiger partial charge in [0.1, 0.15) is 0 Å². The third kappa shape index (κ3) is 3.76. The van der Waals surface area contributed by atoms with Gasteiger partial charge in [-0.05, 0) is 31.2 Å². The van der Waals surface area contributed by atoms with Gasteiger partial charge >= 0.3 is 0 Å². The molecule has 2 aromatic carbocycles. The Morgan fingerprint density at radius 1 is 1.18 bits per heavy atom. The van der Waals surface area contributed by atoms with Crippen molar-refractivity contribution in [3.63, 3.8) is 0 Å². The number of aromatic hydroxyl groups is 1. The van der Waals surface area contributed by atoms with Crippen molar-refractivity contribution in [2.45, 2.75) is 11.8 Å². The van der Waals surface area contributed by atoms with Crippen LogP contribution in [-0.2, 0) is 10.0 Å². The molecule has 0 aliphatic rings. The molecule has 116 valence electrons. The molecular weight excluding hydrogens is 304 g/mol. The predicted octanol–water partition coefficient (Wildman–Crippen LogP) is 2.10. The van der Waals surface area contributed by atoms with E-state index in [1.54, 1.807) is 43.3 Å². The topological polar surface area (TPSA) is 88.0 Å². The van der Waals surface area contributed by atoms with E-state index in [1.165, 1.54) is 18.3 Å². The molecule has 0 aliphatic carbocycles. The summed E-state index contributed by atoms with van der Waals surface area (Å²) in [7, 11) is -3.72. The summed E-state index contributed by atoms with van der Waals surface area (Å²) in [6.45, 7) is 2.21. The second-order valence-corrected chi connectivity index (χ2v) is 5.95. The monoisotopic (exact) mass is 320 g/mol. The molecule has 0 bridgehead atoms. The van der Waals surface area contributed by atoms with E-state index in [4.69, 9.17) is 4.74 Å². The number of rotatable bonds is 6. The number of nitrogens with zero attached hydrogens (tertiary/aromatic N) is 1. The summed E-state index contributed by atoms with van der Waals surface area (Å²) in [6, 6.07) is 12.8. The highest BCUT2D eigenvalue weighted by Gasteiger charge is 2.11. The zero-order valence-electron chi connectivity index (χ0n) is 11.9. The van der Waals surface area contributed by atoms with Crippen LogP contribution in [-0.4, -0.2) is 26.3 Å². The second kappa shape index (κ2) is 6.95. The number of nitrogens with one attached hydrogen (secondary N) is 1. The van der Waals surface area contributed by atoms with Crippen molar-refractivity contribution in [1.29, 1.82) is 0 Å². The van der Waals surface area contributed by atoms with Crippen LogP contribution in [0.2, 0.25) is 0 Å². The van der Waals surface area contributed by atoms with Gasteiger partial charge in [-0.3, -0.25) is 0 Å². The molecule has 2 rings (SSSR count). The third-order valence-electron chi connectivity index (χ3n) is 2.76. The largest absolute Gasteiger partial charge is 0.504 e. The first kappa shape index (κ1) is 15.8. The number of ether oxygens (including phenoxy) is 1. The first-order valence-electron chi connectivity index (χ1n) is 6.59. The van der Waals surface area contributed by atoms with Gasteiger partial charge in [-0.1, -0.05) is 24.3 Å². The van der Waals surface area contributed by atoms with Crippen molar-refractivity contribution in [2.24, 2.45) is 5.10 Å². The Labute approximate surface area is 129 Å². The molecule has 6 nitrogen and oxygen atoms in total. The molecule has 0 heterocycles. The van der Waals surface area contributed by atoms with Crippen LogP contribution in [0, 0.1) is 0 Å². The molecule has 7 heteroatoms. The Hall–Kier alpha value is -2.54. The van der Waals surface area contributed by atoms with Gasteiger partial charge in [0, 0.05) is 5.56 Å². The van der Waals surface area contributed by atoms with Crippen LogP contribution < -0.4 is 9.57 Å². The Morgan fingerprint density at radius 2 is 1.91 bits per heavy atom. The van der Waals surface area contributed by atoms with Crippen LogP contribution in [0.25, 0.3) is 0 Å². The van der Waals surface area contributed by atoms with Gasteiger partial charge in [-0.25, -0.2) is 4.83 Å². The molecule has 0 amide bonds. The molecular formula is C15H16N2O4S. The van der Waals surface area contributed by atoms with Crippen molar-refractivity contribution in [3.05, 3.63) is 54.1 Å². The van der Waals surface area contributed by atoms with Crippen LogP contribution in [0.1, 0.15) is 12.5 Å². The Bertz CT molecular complexity index is 758. The third-order valence-corrected chi connectivity index (χ3v) is 4.00. The zero-order valence-corrected chi connectivity index (χ0v) is 12.7. The number of hydrazone groups is 1. The van der Waals surface area contributed by atoms with E-state index < -0.39 is 10.0 Å². The van der Waals surface area contributed by atoms with Gasteiger partial charge in [-0.2, -0.15) is 13.5 Å². The molecule has 2 N–H and O–H groups in total. The van der Waals surface area contributed by atoms with Crippen LogP contribution in [0.15, 0.2) is 58.5 Å². The molecule has 0 spiro atoms. The standard InChI is InChI=1S/C15H16N2O4S/c1-2-21-14-10-6-7-12(15(14)18)11-16-17-22(19,20)13-8-4-3-5-9-13/h3-11,17-18H,2H2,1H3. The van der Waals surface area contributed by atoms with Crippen LogP contribution in [0.3, 0.4) is 0 Å². The van der Waals surface area contributed by atoms with E-state index in [0.717, 1.165) is 0 Å². The first-order valence-corrected chi connectivity index (χ1v) is 8.07. The van der Waals surface area contributed by atoms with E-state index in [1.807, 2.05) is 0 Å². The van der Waals surface area contributed by atoms with Gasteiger partial charge in [0.25, 0.3) is 10.0 Å².